The number of alkyl halides is 13. The highest BCUT2D eigenvalue weighted by Crippen LogP contribution is 2.60. The summed E-state index contributed by atoms with van der Waals surface area (Å²) >= 11 is 0. The largest absolute Gasteiger partial charge is 0.460 e. The van der Waals surface area contributed by atoms with Crippen LogP contribution in [0.3, 0.4) is 0 Å². The van der Waals surface area contributed by atoms with Crippen molar-refractivity contribution in [2.45, 2.75) is 48.3 Å². The molecule has 0 aliphatic carbocycles. The standard InChI is InChI=1S/C13H16F13NO3/c14-8(15,5-7(30)6-27(1-3-28)2-4-29)9(16,17)10(18,19)11(20,21)12(22,23)13(24,25)26/h7,28-30H,1-6H2. The van der Waals surface area contributed by atoms with E-state index in [4.69, 9.17) is 10.2 Å². The van der Waals surface area contributed by atoms with Crippen LogP contribution < -0.4 is 0 Å². The number of hydrogen-bond donors (Lipinski definition) is 3. The molecule has 0 fully saturated rings. The van der Waals surface area contributed by atoms with Gasteiger partial charge in [-0.2, -0.15) is 57.1 Å². The highest BCUT2D eigenvalue weighted by molar-refractivity contribution is 5.10. The Morgan fingerprint density at radius 3 is 1.30 bits per heavy atom. The first-order valence-corrected chi connectivity index (χ1v) is 7.72. The molecule has 0 saturated heterocycles. The van der Waals surface area contributed by atoms with E-state index < -0.39 is 81.2 Å². The molecule has 0 saturated carbocycles. The van der Waals surface area contributed by atoms with Gasteiger partial charge in [-0.1, -0.05) is 0 Å². The van der Waals surface area contributed by atoms with Crippen molar-refractivity contribution in [2.75, 3.05) is 32.8 Å². The number of halogens is 13. The van der Waals surface area contributed by atoms with E-state index in [2.05, 4.69) is 0 Å². The summed E-state index contributed by atoms with van der Waals surface area (Å²) in [6.45, 7) is -3.43. The molecule has 0 radical (unpaired) electrons. The van der Waals surface area contributed by atoms with Crippen molar-refractivity contribution in [3.05, 3.63) is 0 Å². The van der Waals surface area contributed by atoms with Crippen molar-refractivity contribution in [1.29, 1.82) is 0 Å². The fourth-order valence-electron chi connectivity index (χ4n) is 2.17. The van der Waals surface area contributed by atoms with E-state index in [1.807, 2.05) is 0 Å². The van der Waals surface area contributed by atoms with Crippen LogP contribution in [0.5, 0.6) is 0 Å². The first-order valence-electron chi connectivity index (χ1n) is 7.72. The Labute approximate surface area is 159 Å². The van der Waals surface area contributed by atoms with Gasteiger partial charge in [-0.25, -0.2) is 0 Å². The molecule has 0 amide bonds. The average Bonchev–Trinajstić information content (AvgIpc) is 2.52. The maximum absolute atomic E-state index is 13.6. The van der Waals surface area contributed by atoms with Crippen LogP contribution in [0.4, 0.5) is 57.1 Å². The van der Waals surface area contributed by atoms with Crippen LogP contribution in [0.1, 0.15) is 6.42 Å². The van der Waals surface area contributed by atoms with Gasteiger partial charge in [0.25, 0.3) is 0 Å². The second-order valence-corrected chi connectivity index (χ2v) is 6.11. The minimum Gasteiger partial charge on any atom is -0.395 e. The molecule has 0 aromatic heterocycles. The fraction of sp³-hybridized carbons (Fsp3) is 1.00. The van der Waals surface area contributed by atoms with Crippen molar-refractivity contribution in [3.63, 3.8) is 0 Å². The van der Waals surface area contributed by atoms with Crippen molar-refractivity contribution >= 4 is 0 Å². The molecular formula is C13H16F13NO3. The summed E-state index contributed by atoms with van der Waals surface area (Å²) in [6.07, 6.45) is -13.0. The van der Waals surface area contributed by atoms with Crippen LogP contribution in [-0.4, -0.2) is 95.0 Å². The zero-order valence-electron chi connectivity index (χ0n) is 14.5. The molecule has 0 aliphatic rings. The molecule has 0 aromatic carbocycles. The quantitative estimate of drug-likeness (QED) is 0.376. The van der Waals surface area contributed by atoms with E-state index in [-0.39, 0.29) is 0 Å². The molecule has 0 aromatic rings. The lowest BCUT2D eigenvalue weighted by atomic mass is 9.91. The number of aliphatic hydroxyl groups excluding tert-OH is 3. The van der Waals surface area contributed by atoms with Crippen LogP contribution in [0, 0.1) is 0 Å². The third kappa shape index (κ3) is 5.21. The topological polar surface area (TPSA) is 63.9 Å². The first kappa shape index (κ1) is 28.9. The summed E-state index contributed by atoms with van der Waals surface area (Å²) in [5.74, 6) is -37.5. The van der Waals surface area contributed by atoms with Crippen molar-refractivity contribution in [1.82, 2.24) is 4.90 Å². The lowest BCUT2D eigenvalue weighted by Crippen LogP contribution is -2.70. The third-order valence-corrected chi connectivity index (χ3v) is 3.79. The zero-order chi connectivity index (χ0) is 24.4. The highest BCUT2D eigenvalue weighted by Gasteiger charge is 2.90. The van der Waals surface area contributed by atoms with Crippen LogP contribution in [0.15, 0.2) is 0 Å². The predicted octanol–water partition coefficient (Wildman–Crippen LogP) is 2.76. The van der Waals surface area contributed by atoms with Gasteiger partial charge in [0, 0.05) is 26.1 Å². The van der Waals surface area contributed by atoms with Gasteiger partial charge in [-0.3, -0.25) is 4.90 Å². The Balaban J connectivity index is 5.84. The van der Waals surface area contributed by atoms with E-state index in [1.165, 1.54) is 0 Å². The van der Waals surface area contributed by atoms with Gasteiger partial charge in [-0.15, -0.1) is 0 Å². The van der Waals surface area contributed by atoms with Crippen LogP contribution in [0.25, 0.3) is 0 Å². The minimum absolute atomic E-state index is 0.453. The lowest BCUT2D eigenvalue weighted by Gasteiger charge is -2.40. The molecule has 0 heterocycles. The monoisotopic (exact) mass is 481 g/mol. The van der Waals surface area contributed by atoms with E-state index in [0.717, 1.165) is 4.90 Å². The van der Waals surface area contributed by atoms with E-state index in [1.54, 1.807) is 0 Å². The Morgan fingerprint density at radius 1 is 0.600 bits per heavy atom. The maximum Gasteiger partial charge on any atom is 0.460 e. The van der Waals surface area contributed by atoms with Gasteiger partial charge in [0.15, 0.2) is 0 Å². The lowest BCUT2D eigenvalue weighted by molar-refractivity contribution is -0.440. The minimum atomic E-state index is -7.99. The Morgan fingerprint density at radius 2 is 0.967 bits per heavy atom. The molecule has 30 heavy (non-hydrogen) atoms. The summed E-state index contributed by atoms with van der Waals surface area (Å²) in [6, 6.07) is 0. The number of aliphatic hydroxyl groups is 3. The van der Waals surface area contributed by atoms with Crippen LogP contribution in [0.2, 0.25) is 0 Å². The summed E-state index contributed by atoms with van der Waals surface area (Å²) in [5, 5.41) is 26.7. The summed E-state index contributed by atoms with van der Waals surface area (Å²) in [4.78, 5) is 0.753. The molecule has 1 atom stereocenters. The summed E-state index contributed by atoms with van der Waals surface area (Å²) in [7, 11) is 0. The van der Waals surface area contributed by atoms with Gasteiger partial charge in [-0.05, 0) is 0 Å². The van der Waals surface area contributed by atoms with Gasteiger partial charge < -0.3 is 15.3 Å². The van der Waals surface area contributed by atoms with Gasteiger partial charge in [0.05, 0.1) is 19.3 Å². The zero-order valence-corrected chi connectivity index (χ0v) is 14.5. The molecule has 4 nitrogen and oxygen atoms in total. The van der Waals surface area contributed by atoms with E-state index in [9.17, 15) is 62.2 Å². The van der Waals surface area contributed by atoms with Crippen molar-refractivity contribution in [2.24, 2.45) is 0 Å². The smallest absolute Gasteiger partial charge is 0.395 e. The molecule has 0 aliphatic heterocycles. The molecule has 3 N–H and O–H groups in total. The van der Waals surface area contributed by atoms with Crippen LogP contribution in [-0.2, 0) is 0 Å². The molecule has 1 unspecified atom stereocenters. The Kier molecular flexibility index (Phi) is 8.87. The molecule has 182 valence electrons. The van der Waals surface area contributed by atoms with Crippen molar-refractivity contribution in [3.8, 4) is 0 Å². The van der Waals surface area contributed by atoms with Gasteiger partial charge in [0.1, 0.15) is 0 Å². The second kappa shape index (κ2) is 9.20. The second-order valence-electron chi connectivity index (χ2n) is 6.11. The Bertz CT molecular complexity index is 547. The molecule has 0 spiro atoms. The van der Waals surface area contributed by atoms with E-state index in [0.29, 0.717) is 0 Å². The summed E-state index contributed by atoms with van der Waals surface area (Å²) in [5.41, 5.74) is 0. The molecule has 0 rings (SSSR count). The summed E-state index contributed by atoms with van der Waals surface area (Å²) < 4.78 is 168. The maximum atomic E-state index is 13.6. The highest BCUT2D eigenvalue weighted by atomic mass is 19.4. The Hall–Kier alpha value is -1.07. The molecule has 17 heteroatoms. The molecular weight excluding hydrogens is 465 g/mol. The number of rotatable bonds is 12. The normalized spacial score (nSPS) is 16.3. The number of hydrogen-bond acceptors (Lipinski definition) is 4. The number of nitrogens with zero attached hydrogens (tertiary/aromatic N) is 1. The SMILES string of the molecule is OCCN(CCO)CC(O)CC(F)(F)C(F)(F)C(F)(F)C(F)(F)C(F)(F)C(F)(F)F. The molecule has 0 bridgehead atoms. The average molecular weight is 481 g/mol. The van der Waals surface area contributed by atoms with Crippen molar-refractivity contribution < 1.29 is 72.4 Å². The van der Waals surface area contributed by atoms with E-state index >= 15 is 0 Å². The first-order chi connectivity index (χ1) is 13.1. The fourth-order valence-corrected chi connectivity index (χ4v) is 2.17. The van der Waals surface area contributed by atoms with Crippen LogP contribution >= 0.6 is 0 Å². The third-order valence-electron chi connectivity index (χ3n) is 3.79. The predicted molar refractivity (Wildman–Crippen MR) is 72.0 cm³/mol. The van der Waals surface area contributed by atoms with Gasteiger partial charge in [0.2, 0.25) is 0 Å². The van der Waals surface area contributed by atoms with Gasteiger partial charge >= 0.3 is 35.8 Å².